The average Bonchev–Trinajstić information content (AvgIpc) is 2.68. The van der Waals surface area contributed by atoms with Gasteiger partial charge >= 0.3 is 11.9 Å². The van der Waals surface area contributed by atoms with Gasteiger partial charge in [-0.1, -0.05) is 44.2 Å². The van der Waals surface area contributed by atoms with E-state index in [1.807, 2.05) is 68.4 Å². The van der Waals surface area contributed by atoms with Gasteiger partial charge in [0, 0.05) is 13.1 Å². The molecule has 3 unspecified atom stereocenters. The van der Waals surface area contributed by atoms with Gasteiger partial charge < -0.3 is 19.8 Å². The van der Waals surface area contributed by atoms with E-state index in [2.05, 4.69) is 0 Å². The minimum atomic E-state index is -1.23. The normalized spacial score (nSPS) is 20.0. The number of para-hydroxylation sites is 1. The molecule has 0 aliphatic heterocycles. The molecule has 0 saturated heterocycles. The first-order valence-electron chi connectivity index (χ1n) is 10.3. The highest BCUT2D eigenvalue weighted by Crippen LogP contribution is 2.42. The molecule has 3 atom stereocenters. The van der Waals surface area contributed by atoms with Crippen molar-refractivity contribution in [3.63, 3.8) is 0 Å². The molecule has 1 aliphatic carbocycles. The Morgan fingerprint density at radius 1 is 0.935 bits per heavy atom. The maximum atomic E-state index is 13.1. The maximum absolute atomic E-state index is 13.1. The summed E-state index contributed by atoms with van der Waals surface area (Å²) in [4.78, 5) is 37.6. The fourth-order valence-electron chi connectivity index (χ4n) is 3.92. The molecule has 7 heteroatoms. The predicted molar refractivity (Wildman–Crippen MR) is 114 cm³/mol. The zero-order valence-corrected chi connectivity index (χ0v) is 17.6. The highest BCUT2D eigenvalue weighted by molar-refractivity contribution is 5.91. The second-order valence-corrected chi connectivity index (χ2v) is 8.32. The van der Waals surface area contributed by atoms with Crippen molar-refractivity contribution in [3.8, 4) is 11.5 Å². The largest absolute Gasteiger partial charge is 0.481 e. The van der Waals surface area contributed by atoms with Gasteiger partial charge in [0.15, 0.2) is 0 Å². The Hall–Kier alpha value is -3.35. The van der Waals surface area contributed by atoms with Crippen LogP contribution in [0.15, 0.2) is 54.6 Å². The number of carboxylic acids is 2. The monoisotopic (exact) mass is 425 g/mol. The first kappa shape index (κ1) is 22.3. The first-order valence-corrected chi connectivity index (χ1v) is 10.3. The van der Waals surface area contributed by atoms with E-state index in [1.54, 1.807) is 4.90 Å². The Kier molecular flexibility index (Phi) is 6.95. The van der Waals surface area contributed by atoms with Crippen LogP contribution in [0, 0.1) is 23.7 Å². The minimum absolute atomic E-state index is 0.0591. The fourth-order valence-corrected chi connectivity index (χ4v) is 3.92. The van der Waals surface area contributed by atoms with Gasteiger partial charge in [0.1, 0.15) is 11.5 Å². The Morgan fingerprint density at radius 3 is 2.10 bits per heavy atom. The van der Waals surface area contributed by atoms with E-state index in [-0.39, 0.29) is 18.2 Å². The van der Waals surface area contributed by atoms with Crippen LogP contribution in [0.5, 0.6) is 11.5 Å². The summed E-state index contributed by atoms with van der Waals surface area (Å²) >= 11 is 0. The summed E-state index contributed by atoms with van der Waals surface area (Å²) in [6, 6.07) is 16.8. The number of carboxylic acid groups (broad SMARTS) is 2. The summed E-state index contributed by atoms with van der Waals surface area (Å²) < 4.78 is 5.79. The number of nitrogens with zero attached hydrogens (tertiary/aromatic N) is 1. The molecule has 1 fully saturated rings. The number of ether oxygens (including phenoxy) is 1. The van der Waals surface area contributed by atoms with Gasteiger partial charge in [-0.15, -0.1) is 0 Å². The minimum Gasteiger partial charge on any atom is -0.481 e. The van der Waals surface area contributed by atoms with Gasteiger partial charge in [-0.05, 0) is 42.2 Å². The second-order valence-electron chi connectivity index (χ2n) is 8.32. The Balaban J connectivity index is 1.70. The molecule has 2 aromatic carbocycles. The van der Waals surface area contributed by atoms with E-state index in [1.165, 1.54) is 0 Å². The van der Waals surface area contributed by atoms with E-state index < -0.39 is 29.7 Å². The van der Waals surface area contributed by atoms with Gasteiger partial charge in [0.2, 0.25) is 5.91 Å². The summed E-state index contributed by atoms with van der Waals surface area (Å²) in [7, 11) is 0. The Morgan fingerprint density at radius 2 is 1.55 bits per heavy atom. The van der Waals surface area contributed by atoms with Crippen molar-refractivity contribution in [3.05, 3.63) is 60.2 Å². The smallest absolute Gasteiger partial charge is 0.308 e. The van der Waals surface area contributed by atoms with Crippen molar-refractivity contribution >= 4 is 17.8 Å². The number of aliphatic carboxylic acids is 2. The summed E-state index contributed by atoms with van der Waals surface area (Å²) in [6.45, 7) is 4.74. The van der Waals surface area contributed by atoms with Crippen LogP contribution in [-0.4, -0.2) is 39.5 Å². The second kappa shape index (κ2) is 9.64. The topological polar surface area (TPSA) is 104 Å². The number of carbonyl (C=O) groups excluding carboxylic acids is 1. The van der Waals surface area contributed by atoms with Crippen LogP contribution in [0.3, 0.4) is 0 Å². The lowest BCUT2D eigenvalue weighted by Gasteiger charge is -2.41. The van der Waals surface area contributed by atoms with Crippen molar-refractivity contribution in [2.24, 2.45) is 23.7 Å². The summed E-state index contributed by atoms with van der Waals surface area (Å²) in [6.07, 6.45) is 0.0591. The highest BCUT2D eigenvalue weighted by atomic mass is 16.5. The van der Waals surface area contributed by atoms with Crippen molar-refractivity contribution in [1.82, 2.24) is 4.90 Å². The summed E-state index contributed by atoms with van der Waals surface area (Å²) in [5, 5.41) is 18.6. The lowest BCUT2D eigenvalue weighted by molar-refractivity contribution is -0.172. The van der Waals surface area contributed by atoms with Gasteiger partial charge in [0.05, 0.1) is 17.8 Å². The third-order valence-electron chi connectivity index (χ3n) is 5.47. The molecule has 0 radical (unpaired) electrons. The van der Waals surface area contributed by atoms with E-state index in [0.29, 0.717) is 18.8 Å². The molecule has 2 N–H and O–H groups in total. The molecule has 0 bridgehead atoms. The zero-order chi connectivity index (χ0) is 22.5. The molecule has 0 aromatic heterocycles. The van der Waals surface area contributed by atoms with E-state index in [4.69, 9.17) is 4.74 Å². The molecule has 1 amide bonds. The standard InChI is InChI=1S/C24H27NO6/c1-15(2)13-25(22(26)19-12-20(23(27)28)21(19)24(29)30)14-16-8-10-18(11-9-16)31-17-6-4-3-5-7-17/h3-11,15,19-21H,12-14H2,1-2H3,(H,27,28)(H,29,30). The van der Waals surface area contributed by atoms with Gasteiger partial charge in [0.25, 0.3) is 0 Å². The highest BCUT2D eigenvalue weighted by Gasteiger charge is 2.54. The molecule has 0 spiro atoms. The number of carbonyl (C=O) groups is 3. The molecule has 0 heterocycles. The molecule has 3 rings (SSSR count). The van der Waals surface area contributed by atoms with E-state index >= 15 is 0 Å². The van der Waals surface area contributed by atoms with Gasteiger partial charge in [-0.3, -0.25) is 14.4 Å². The van der Waals surface area contributed by atoms with Crippen LogP contribution >= 0.6 is 0 Å². The third kappa shape index (κ3) is 5.42. The van der Waals surface area contributed by atoms with Crippen molar-refractivity contribution in [2.45, 2.75) is 26.8 Å². The maximum Gasteiger partial charge on any atom is 0.308 e. The fraction of sp³-hybridized carbons (Fsp3) is 0.375. The SMILES string of the molecule is CC(C)CN(Cc1ccc(Oc2ccccc2)cc1)C(=O)C1CC(C(=O)O)C1C(=O)O. The molecule has 7 nitrogen and oxygen atoms in total. The van der Waals surface area contributed by atoms with Crippen molar-refractivity contribution in [2.75, 3.05) is 6.54 Å². The van der Waals surface area contributed by atoms with Crippen LogP contribution in [0.1, 0.15) is 25.8 Å². The van der Waals surface area contributed by atoms with Gasteiger partial charge in [-0.25, -0.2) is 0 Å². The van der Waals surface area contributed by atoms with E-state index in [0.717, 1.165) is 11.3 Å². The number of hydrogen-bond acceptors (Lipinski definition) is 4. The van der Waals surface area contributed by atoms with Crippen LogP contribution in [0.2, 0.25) is 0 Å². The lowest BCUT2D eigenvalue weighted by Crippen LogP contribution is -2.53. The predicted octanol–water partition coefficient (Wildman–Crippen LogP) is 3.89. The molecule has 31 heavy (non-hydrogen) atoms. The molecule has 2 aromatic rings. The zero-order valence-electron chi connectivity index (χ0n) is 17.6. The van der Waals surface area contributed by atoms with Crippen LogP contribution in [0.25, 0.3) is 0 Å². The lowest BCUT2D eigenvalue weighted by atomic mass is 9.64. The third-order valence-corrected chi connectivity index (χ3v) is 5.47. The number of benzene rings is 2. The quantitative estimate of drug-likeness (QED) is 0.632. The number of amides is 1. The Bertz CT molecular complexity index is 925. The van der Waals surface area contributed by atoms with Crippen molar-refractivity contribution in [1.29, 1.82) is 0 Å². The summed E-state index contributed by atoms with van der Waals surface area (Å²) in [5.41, 5.74) is 0.885. The van der Waals surface area contributed by atoms with Gasteiger partial charge in [-0.2, -0.15) is 0 Å². The number of rotatable bonds is 9. The Labute approximate surface area is 181 Å². The molecule has 164 valence electrons. The number of hydrogen-bond donors (Lipinski definition) is 2. The van der Waals surface area contributed by atoms with Crippen LogP contribution < -0.4 is 4.74 Å². The van der Waals surface area contributed by atoms with Crippen LogP contribution in [0.4, 0.5) is 0 Å². The molecule has 1 aliphatic rings. The first-order chi connectivity index (χ1) is 14.8. The van der Waals surface area contributed by atoms with Crippen LogP contribution in [-0.2, 0) is 20.9 Å². The average molecular weight is 425 g/mol. The molecular formula is C24H27NO6. The molecule has 1 saturated carbocycles. The van der Waals surface area contributed by atoms with E-state index in [9.17, 15) is 24.6 Å². The van der Waals surface area contributed by atoms with Crippen molar-refractivity contribution < 1.29 is 29.3 Å². The molecular weight excluding hydrogens is 398 g/mol. The summed E-state index contributed by atoms with van der Waals surface area (Å²) in [5.74, 6) is -4.12.